The molecular formula is C25H21N3O2. The van der Waals surface area contributed by atoms with Crippen LogP contribution in [0.1, 0.15) is 16.8 Å². The summed E-state index contributed by atoms with van der Waals surface area (Å²) in [5.41, 5.74) is 3.03. The van der Waals surface area contributed by atoms with Crippen LogP contribution in [-0.4, -0.2) is 36.5 Å². The van der Waals surface area contributed by atoms with Crippen LogP contribution in [0.15, 0.2) is 66.7 Å². The molecule has 0 N–H and O–H groups in total. The number of amides is 1. The Hall–Kier alpha value is -3.91. The predicted octanol–water partition coefficient (Wildman–Crippen LogP) is 5.05. The van der Waals surface area contributed by atoms with Crippen molar-refractivity contribution in [1.82, 2.24) is 9.88 Å². The third-order valence-electron chi connectivity index (χ3n) is 5.20. The maximum Gasteiger partial charge on any atom is 0.254 e. The molecule has 4 aromatic rings. The van der Waals surface area contributed by atoms with E-state index in [1.54, 1.807) is 19.1 Å². The second-order valence-corrected chi connectivity index (χ2v) is 7.13. The second-order valence-electron chi connectivity index (χ2n) is 7.13. The Balaban J connectivity index is 1.83. The van der Waals surface area contributed by atoms with Crippen LogP contribution >= 0.6 is 0 Å². The zero-order chi connectivity index (χ0) is 21.1. The first-order valence-corrected chi connectivity index (χ1v) is 9.71. The van der Waals surface area contributed by atoms with Gasteiger partial charge in [-0.05, 0) is 41.1 Å². The normalized spacial score (nSPS) is 10.7. The number of nitrogens with zero attached hydrogens (tertiary/aromatic N) is 3. The van der Waals surface area contributed by atoms with Crippen LogP contribution in [0.4, 0.5) is 0 Å². The molecule has 3 aromatic carbocycles. The summed E-state index contributed by atoms with van der Waals surface area (Å²) in [4.78, 5) is 19.5. The van der Waals surface area contributed by atoms with Gasteiger partial charge < -0.3 is 9.64 Å². The Labute approximate surface area is 175 Å². The summed E-state index contributed by atoms with van der Waals surface area (Å²) >= 11 is 0. The summed E-state index contributed by atoms with van der Waals surface area (Å²) in [5.74, 6) is 0.697. The summed E-state index contributed by atoms with van der Waals surface area (Å²) in [6, 6.07) is 23.6. The van der Waals surface area contributed by atoms with Gasteiger partial charge in [0.15, 0.2) is 0 Å². The van der Waals surface area contributed by atoms with Crippen molar-refractivity contribution in [2.45, 2.75) is 6.42 Å². The molecule has 5 nitrogen and oxygen atoms in total. The maximum atomic E-state index is 13.1. The number of fused-ring (bicyclic) bond motifs is 2. The third kappa shape index (κ3) is 3.68. The first-order chi connectivity index (χ1) is 14.6. The molecule has 0 aliphatic heterocycles. The average Bonchev–Trinajstić information content (AvgIpc) is 2.80. The number of carbonyl (C=O) groups excluding carboxylic acids is 1. The van der Waals surface area contributed by atoms with E-state index in [9.17, 15) is 4.79 Å². The molecule has 0 fully saturated rings. The van der Waals surface area contributed by atoms with Crippen LogP contribution in [-0.2, 0) is 0 Å². The van der Waals surface area contributed by atoms with Gasteiger partial charge in [-0.2, -0.15) is 5.26 Å². The molecule has 0 unspecified atom stereocenters. The first-order valence-electron chi connectivity index (χ1n) is 9.71. The van der Waals surface area contributed by atoms with Crippen molar-refractivity contribution < 1.29 is 9.53 Å². The van der Waals surface area contributed by atoms with E-state index in [-0.39, 0.29) is 5.91 Å². The van der Waals surface area contributed by atoms with Gasteiger partial charge in [-0.1, -0.05) is 36.4 Å². The van der Waals surface area contributed by atoms with Crippen LogP contribution in [0.25, 0.3) is 32.9 Å². The molecule has 0 atom stereocenters. The topological polar surface area (TPSA) is 66.2 Å². The molecule has 0 aliphatic rings. The monoisotopic (exact) mass is 395 g/mol. The van der Waals surface area contributed by atoms with Crippen LogP contribution < -0.4 is 4.74 Å². The average molecular weight is 395 g/mol. The molecule has 148 valence electrons. The Morgan fingerprint density at radius 2 is 1.83 bits per heavy atom. The van der Waals surface area contributed by atoms with E-state index in [4.69, 9.17) is 15.0 Å². The van der Waals surface area contributed by atoms with Crippen LogP contribution in [0.5, 0.6) is 5.75 Å². The van der Waals surface area contributed by atoms with Crippen molar-refractivity contribution in [3.05, 3.63) is 72.3 Å². The van der Waals surface area contributed by atoms with E-state index in [1.165, 1.54) is 0 Å². The number of benzene rings is 3. The zero-order valence-electron chi connectivity index (χ0n) is 16.9. The van der Waals surface area contributed by atoms with Crippen molar-refractivity contribution in [3.8, 4) is 23.1 Å². The van der Waals surface area contributed by atoms with E-state index in [1.807, 2.05) is 60.7 Å². The summed E-state index contributed by atoms with van der Waals surface area (Å²) in [5, 5.41) is 11.8. The molecule has 4 rings (SSSR count). The fourth-order valence-corrected chi connectivity index (χ4v) is 3.54. The number of hydrogen-bond donors (Lipinski definition) is 0. The highest BCUT2D eigenvalue weighted by molar-refractivity contribution is 6.07. The van der Waals surface area contributed by atoms with Gasteiger partial charge in [-0.3, -0.25) is 4.79 Å². The molecule has 0 bridgehead atoms. The summed E-state index contributed by atoms with van der Waals surface area (Å²) < 4.78 is 5.30. The lowest BCUT2D eigenvalue weighted by Gasteiger charge is -2.17. The fraction of sp³-hybridized carbons (Fsp3) is 0.160. The van der Waals surface area contributed by atoms with Gasteiger partial charge in [0.2, 0.25) is 0 Å². The first kappa shape index (κ1) is 19.4. The van der Waals surface area contributed by atoms with Crippen molar-refractivity contribution in [2.24, 2.45) is 0 Å². The molecule has 5 heteroatoms. The van der Waals surface area contributed by atoms with Gasteiger partial charge in [0, 0.05) is 24.5 Å². The summed E-state index contributed by atoms with van der Waals surface area (Å²) in [6.45, 7) is 0.388. The molecule has 0 spiro atoms. The third-order valence-corrected chi connectivity index (χ3v) is 5.20. The lowest BCUT2D eigenvalue weighted by atomic mass is 10.0. The highest BCUT2D eigenvalue weighted by atomic mass is 16.5. The van der Waals surface area contributed by atoms with Gasteiger partial charge in [-0.25, -0.2) is 4.98 Å². The molecule has 1 aromatic heterocycles. The zero-order valence-corrected chi connectivity index (χ0v) is 16.9. The molecule has 1 amide bonds. The minimum absolute atomic E-state index is 0.115. The predicted molar refractivity (Wildman–Crippen MR) is 118 cm³/mol. The number of carbonyl (C=O) groups is 1. The SMILES string of the molecule is COc1ccc2cc(-c3cc(C(=O)N(C)CCC#N)c4ccccc4n3)ccc2c1. The van der Waals surface area contributed by atoms with E-state index < -0.39 is 0 Å². The molecule has 0 saturated carbocycles. The smallest absolute Gasteiger partial charge is 0.254 e. The van der Waals surface area contributed by atoms with Gasteiger partial charge >= 0.3 is 0 Å². The fourth-order valence-electron chi connectivity index (χ4n) is 3.54. The number of nitriles is 1. The lowest BCUT2D eigenvalue weighted by Crippen LogP contribution is -2.27. The van der Waals surface area contributed by atoms with Crippen LogP contribution in [0.2, 0.25) is 0 Å². The Morgan fingerprint density at radius 3 is 2.63 bits per heavy atom. The molecular weight excluding hydrogens is 374 g/mol. The Morgan fingerprint density at radius 1 is 1.07 bits per heavy atom. The van der Waals surface area contributed by atoms with Gasteiger partial charge in [0.05, 0.1) is 36.4 Å². The number of aromatic nitrogens is 1. The Bertz CT molecular complexity index is 1290. The van der Waals surface area contributed by atoms with Crippen LogP contribution in [0.3, 0.4) is 0 Å². The second kappa shape index (κ2) is 8.22. The molecule has 0 radical (unpaired) electrons. The summed E-state index contributed by atoms with van der Waals surface area (Å²) in [7, 11) is 3.37. The number of methoxy groups -OCH3 is 1. The van der Waals surface area contributed by atoms with Gasteiger partial charge in [-0.15, -0.1) is 0 Å². The molecule has 30 heavy (non-hydrogen) atoms. The summed E-state index contributed by atoms with van der Waals surface area (Å²) in [6.07, 6.45) is 0.298. The van der Waals surface area contributed by atoms with Gasteiger partial charge in [0.25, 0.3) is 5.91 Å². The van der Waals surface area contributed by atoms with E-state index >= 15 is 0 Å². The Kier molecular flexibility index (Phi) is 5.32. The standard InChI is InChI=1S/C25H21N3O2/c1-28(13-5-12-26)25(29)22-16-24(27-23-7-4-3-6-21(22)23)19-9-8-18-15-20(30-2)11-10-17(18)14-19/h3-4,6-11,14-16H,5,13H2,1-2H3. The number of hydrogen-bond acceptors (Lipinski definition) is 4. The lowest BCUT2D eigenvalue weighted by molar-refractivity contribution is 0.0800. The number of para-hydroxylation sites is 1. The maximum absolute atomic E-state index is 13.1. The number of ether oxygens (including phenoxy) is 1. The highest BCUT2D eigenvalue weighted by Gasteiger charge is 2.17. The number of rotatable bonds is 5. The van der Waals surface area contributed by atoms with E-state index in [2.05, 4.69) is 12.1 Å². The quantitative estimate of drug-likeness (QED) is 0.474. The molecule has 0 saturated heterocycles. The van der Waals surface area contributed by atoms with Crippen molar-refractivity contribution in [1.29, 1.82) is 5.26 Å². The minimum Gasteiger partial charge on any atom is -0.497 e. The van der Waals surface area contributed by atoms with Crippen molar-refractivity contribution >= 4 is 27.6 Å². The van der Waals surface area contributed by atoms with E-state index in [0.29, 0.717) is 18.5 Å². The largest absolute Gasteiger partial charge is 0.497 e. The van der Waals surface area contributed by atoms with Gasteiger partial charge in [0.1, 0.15) is 5.75 Å². The van der Waals surface area contributed by atoms with Crippen LogP contribution in [0, 0.1) is 11.3 Å². The molecule has 1 heterocycles. The highest BCUT2D eigenvalue weighted by Crippen LogP contribution is 2.29. The van der Waals surface area contributed by atoms with Crippen molar-refractivity contribution in [3.63, 3.8) is 0 Å². The number of pyridine rings is 1. The minimum atomic E-state index is -0.115. The van der Waals surface area contributed by atoms with Crippen molar-refractivity contribution in [2.75, 3.05) is 20.7 Å². The molecule has 0 aliphatic carbocycles. The van der Waals surface area contributed by atoms with E-state index in [0.717, 1.165) is 38.7 Å².